The molecule has 4 N–H and O–H groups in total. The van der Waals surface area contributed by atoms with Crippen LogP contribution >= 0.6 is 0 Å². The number of fused-ring (bicyclic) bond motifs is 4. The van der Waals surface area contributed by atoms with Crippen molar-refractivity contribution in [1.82, 2.24) is 14.5 Å². The lowest BCUT2D eigenvalue weighted by molar-refractivity contribution is -0.125. The fraction of sp³-hybridized carbons (Fsp3) is 0.400. The number of hydrogen-bond acceptors (Lipinski definition) is 4. The summed E-state index contributed by atoms with van der Waals surface area (Å²) in [5.41, 5.74) is 18.3. The van der Waals surface area contributed by atoms with Crippen LogP contribution in [0.1, 0.15) is 54.5 Å². The molecular weight excluding hydrogens is 386 g/mol. The Morgan fingerprint density at radius 1 is 1.16 bits per heavy atom. The fourth-order valence-corrected chi connectivity index (χ4v) is 5.21. The predicted molar refractivity (Wildman–Crippen MR) is 123 cm³/mol. The molecule has 1 aromatic carbocycles. The highest BCUT2D eigenvalue weighted by Gasteiger charge is 2.36. The number of benzene rings is 1. The van der Waals surface area contributed by atoms with Gasteiger partial charge in [-0.3, -0.25) is 4.79 Å². The highest BCUT2D eigenvalue weighted by Crippen LogP contribution is 2.37. The van der Waals surface area contributed by atoms with E-state index in [0.29, 0.717) is 12.2 Å². The minimum atomic E-state index is -0.598. The molecule has 5 rings (SSSR count). The monoisotopic (exact) mass is 415 g/mol. The van der Waals surface area contributed by atoms with Crippen molar-refractivity contribution in [2.45, 2.75) is 57.9 Å². The Labute approximate surface area is 182 Å². The molecule has 2 aliphatic rings. The van der Waals surface area contributed by atoms with Crippen LogP contribution in [-0.4, -0.2) is 20.4 Å². The quantitative estimate of drug-likeness (QED) is 0.598. The van der Waals surface area contributed by atoms with E-state index in [1.165, 1.54) is 29.5 Å². The normalized spacial score (nSPS) is 19.9. The number of pyridine rings is 1. The molecule has 0 spiro atoms. The van der Waals surface area contributed by atoms with Crippen molar-refractivity contribution in [2.24, 2.45) is 11.1 Å². The van der Waals surface area contributed by atoms with E-state index >= 15 is 0 Å². The largest absolute Gasteiger partial charge is 0.382 e. The van der Waals surface area contributed by atoms with Gasteiger partial charge in [-0.15, -0.1) is 0 Å². The molecule has 0 saturated heterocycles. The number of anilines is 1. The molecule has 31 heavy (non-hydrogen) atoms. The second-order valence-electron chi connectivity index (χ2n) is 8.95. The molecule has 160 valence electrons. The third-order valence-corrected chi connectivity index (χ3v) is 6.97. The number of nitrogen functional groups attached to an aromatic ring is 1. The Morgan fingerprint density at radius 2 is 2.00 bits per heavy atom. The maximum absolute atomic E-state index is 12.4. The van der Waals surface area contributed by atoms with E-state index < -0.39 is 5.41 Å². The van der Waals surface area contributed by atoms with Gasteiger partial charge in [0.15, 0.2) is 5.82 Å². The lowest BCUT2D eigenvalue weighted by atomic mass is 9.72. The molecule has 2 heterocycles. The van der Waals surface area contributed by atoms with E-state index in [-0.39, 0.29) is 5.91 Å². The topological polar surface area (TPSA) is 99.8 Å². The minimum Gasteiger partial charge on any atom is -0.382 e. The van der Waals surface area contributed by atoms with Crippen molar-refractivity contribution in [3.05, 3.63) is 59.1 Å². The molecule has 0 saturated carbocycles. The first-order valence-corrected chi connectivity index (χ1v) is 11.3. The maximum Gasteiger partial charge on any atom is 0.227 e. The number of hydrogen-bond donors (Lipinski definition) is 2. The van der Waals surface area contributed by atoms with E-state index in [4.69, 9.17) is 11.5 Å². The van der Waals surface area contributed by atoms with Crippen LogP contribution in [-0.2, 0) is 30.6 Å². The number of nitrogens with zero attached hydrogens (tertiary/aromatic N) is 3. The Bertz CT molecular complexity index is 1180. The number of carbonyl (C=O) groups excluding carboxylic acids is 1. The highest BCUT2D eigenvalue weighted by molar-refractivity contribution is 5.88. The lowest BCUT2D eigenvalue weighted by Crippen LogP contribution is -2.38. The smallest absolute Gasteiger partial charge is 0.227 e. The summed E-state index contributed by atoms with van der Waals surface area (Å²) < 4.78 is 2.22. The number of aryl methyl sites for hydroxylation is 3. The lowest BCUT2D eigenvalue weighted by Gasteiger charge is -2.31. The fourth-order valence-electron chi connectivity index (χ4n) is 5.21. The summed E-state index contributed by atoms with van der Waals surface area (Å²) in [7, 11) is 0. The standard InChI is InChI=1S/C25H29N5O/c26-23-21-22(19-9-3-4-10-20(19)29-23)30(16-28-21)14-6-5-12-25(24(27)31)13-11-17-7-1-2-8-18(17)15-25/h1-2,7-8,11,13,16H,3-6,9-10,12,14-15H2,(H2,26,29)(H2,27,31). The number of carbonyl (C=O) groups is 1. The average molecular weight is 416 g/mol. The Morgan fingerprint density at radius 3 is 2.87 bits per heavy atom. The van der Waals surface area contributed by atoms with E-state index in [9.17, 15) is 4.79 Å². The van der Waals surface area contributed by atoms with Gasteiger partial charge in [-0.1, -0.05) is 42.8 Å². The Balaban J connectivity index is 1.31. The molecule has 6 heteroatoms. The van der Waals surface area contributed by atoms with Crippen LogP contribution in [0.25, 0.3) is 17.1 Å². The Hall–Kier alpha value is -3.15. The van der Waals surface area contributed by atoms with Crippen molar-refractivity contribution in [3.63, 3.8) is 0 Å². The molecule has 1 unspecified atom stereocenters. The van der Waals surface area contributed by atoms with Gasteiger partial charge in [0.25, 0.3) is 0 Å². The van der Waals surface area contributed by atoms with Gasteiger partial charge in [0, 0.05) is 12.2 Å². The van der Waals surface area contributed by atoms with Gasteiger partial charge in [-0.05, 0) is 61.6 Å². The van der Waals surface area contributed by atoms with E-state index in [2.05, 4.69) is 32.7 Å². The molecule has 2 aromatic heterocycles. The van der Waals surface area contributed by atoms with Crippen molar-refractivity contribution >= 4 is 28.8 Å². The zero-order chi connectivity index (χ0) is 21.4. The summed E-state index contributed by atoms with van der Waals surface area (Å²) >= 11 is 0. The van der Waals surface area contributed by atoms with Crippen LogP contribution in [0.4, 0.5) is 5.82 Å². The summed E-state index contributed by atoms with van der Waals surface area (Å²) in [5.74, 6) is 0.298. The average Bonchev–Trinajstić information content (AvgIpc) is 3.21. The molecule has 1 amide bonds. The number of nitrogens with two attached hydrogens (primary N) is 2. The van der Waals surface area contributed by atoms with Crippen molar-refractivity contribution in [2.75, 3.05) is 5.73 Å². The minimum absolute atomic E-state index is 0.237. The van der Waals surface area contributed by atoms with Gasteiger partial charge in [-0.25, -0.2) is 9.97 Å². The van der Waals surface area contributed by atoms with Crippen LogP contribution in [0.3, 0.4) is 0 Å². The first-order valence-electron chi connectivity index (χ1n) is 11.3. The third kappa shape index (κ3) is 3.50. The number of rotatable bonds is 6. The summed E-state index contributed by atoms with van der Waals surface area (Å²) in [6.45, 7) is 0.849. The van der Waals surface area contributed by atoms with Crippen molar-refractivity contribution in [1.29, 1.82) is 0 Å². The van der Waals surface area contributed by atoms with Crippen LogP contribution in [0.15, 0.2) is 36.7 Å². The van der Waals surface area contributed by atoms with Crippen LogP contribution in [0.5, 0.6) is 0 Å². The van der Waals surface area contributed by atoms with Crippen molar-refractivity contribution in [3.8, 4) is 0 Å². The first kappa shape index (κ1) is 19.8. The molecule has 0 radical (unpaired) electrons. The molecule has 6 nitrogen and oxygen atoms in total. The highest BCUT2D eigenvalue weighted by atomic mass is 16.1. The number of aromatic nitrogens is 3. The molecule has 0 bridgehead atoms. The predicted octanol–water partition coefficient (Wildman–Crippen LogP) is 3.80. The number of imidazole rings is 1. The van der Waals surface area contributed by atoms with Crippen LogP contribution < -0.4 is 11.5 Å². The molecule has 0 fully saturated rings. The van der Waals surface area contributed by atoms with Gasteiger partial charge in [0.2, 0.25) is 5.91 Å². The van der Waals surface area contributed by atoms with Crippen molar-refractivity contribution < 1.29 is 4.79 Å². The molecule has 0 aliphatic heterocycles. The van der Waals surface area contributed by atoms with Crippen LogP contribution in [0, 0.1) is 5.41 Å². The summed E-state index contributed by atoms with van der Waals surface area (Å²) in [4.78, 5) is 21.6. The van der Waals surface area contributed by atoms with Gasteiger partial charge in [0.05, 0.1) is 17.3 Å². The number of unbranched alkanes of at least 4 members (excludes halogenated alkanes) is 1. The van der Waals surface area contributed by atoms with E-state index in [0.717, 1.165) is 55.4 Å². The van der Waals surface area contributed by atoms with Gasteiger partial charge >= 0.3 is 0 Å². The van der Waals surface area contributed by atoms with Gasteiger partial charge < -0.3 is 16.0 Å². The number of amides is 1. The second kappa shape index (κ2) is 7.84. The molecular formula is C25H29N5O. The third-order valence-electron chi connectivity index (χ3n) is 6.97. The summed E-state index contributed by atoms with van der Waals surface area (Å²) in [6, 6.07) is 8.23. The summed E-state index contributed by atoms with van der Waals surface area (Å²) in [5, 5.41) is 0. The molecule has 2 aliphatic carbocycles. The van der Waals surface area contributed by atoms with E-state index in [1.807, 2.05) is 24.5 Å². The molecule has 3 aromatic rings. The Kier molecular flexibility index (Phi) is 5.00. The number of primary amides is 1. The second-order valence-corrected chi connectivity index (χ2v) is 8.95. The zero-order valence-electron chi connectivity index (χ0n) is 17.8. The maximum atomic E-state index is 12.4. The van der Waals surface area contributed by atoms with Gasteiger partial charge in [0.1, 0.15) is 5.52 Å². The van der Waals surface area contributed by atoms with Gasteiger partial charge in [-0.2, -0.15) is 0 Å². The first-order chi connectivity index (χ1) is 15.1. The zero-order valence-corrected chi connectivity index (χ0v) is 17.8. The van der Waals surface area contributed by atoms with E-state index in [1.54, 1.807) is 0 Å². The molecule has 1 atom stereocenters. The van der Waals surface area contributed by atoms with Crippen LogP contribution in [0.2, 0.25) is 0 Å². The SMILES string of the molecule is NC(=O)C1(CCCCn2cnc3c(N)nc4c(c32)CCCC4)C=Cc2ccccc2C1. The summed E-state index contributed by atoms with van der Waals surface area (Å²) in [6.07, 6.45) is 13.7.